The lowest BCUT2D eigenvalue weighted by Crippen LogP contribution is -2.17. The van der Waals surface area contributed by atoms with Crippen LogP contribution in [0.4, 0.5) is 0 Å². The highest BCUT2D eigenvalue weighted by molar-refractivity contribution is 6.08. The number of methoxy groups -OCH3 is 1. The Hall–Kier alpha value is -2.69. The lowest BCUT2D eigenvalue weighted by atomic mass is 10.0. The van der Waals surface area contributed by atoms with Crippen molar-refractivity contribution < 1.29 is 14.3 Å². The Bertz CT molecular complexity index is 881. The van der Waals surface area contributed by atoms with E-state index in [1.807, 2.05) is 32.0 Å². The van der Waals surface area contributed by atoms with E-state index in [1.54, 1.807) is 25.3 Å². The summed E-state index contributed by atoms with van der Waals surface area (Å²) < 4.78 is 11.0. The molecular formula is C21H22N2O3. The first-order chi connectivity index (χ1) is 12.5. The van der Waals surface area contributed by atoms with Crippen LogP contribution in [-0.4, -0.2) is 35.9 Å². The Morgan fingerprint density at radius 1 is 1.15 bits per heavy atom. The zero-order chi connectivity index (χ0) is 18.3. The minimum atomic E-state index is -0.201. The van der Waals surface area contributed by atoms with E-state index in [1.165, 1.54) is 0 Å². The minimum absolute atomic E-state index is 0.119. The van der Waals surface area contributed by atoms with Gasteiger partial charge in [0, 0.05) is 16.7 Å². The first-order valence-electron chi connectivity index (χ1n) is 8.89. The molecule has 4 rings (SSSR count). The number of rotatable bonds is 5. The van der Waals surface area contributed by atoms with E-state index in [2.05, 4.69) is 9.98 Å². The largest absolute Gasteiger partial charge is 0.481 e. The summed E-state index contributed by atoms with van der Waals surface area (Å²) in [6, 6.07) is 11.1. The van der Waals surface area contributed by atoms with Crippen LogP contribution >= 0.6 is 0 Å². The molecule has 0 atom stereocenters. The molecule has 2 aliphatic rings. The Morgan fingerprint density at radius 3 is 2.46 bits per heavy atom. The Balaban J connectivity index is 1.57. The van der Waals surface area contributed by atoms with Crippen LogP contribution in [0.25, 0.3) is 0 Å². The highest BCUT2D eigenvalue weighted by Crippen LogP contribution is 2.43. The third-order valence-corrected chi connectivity index (χ3v) is 4.69. The van der Waals surface area contributed by atoms with E-state index in [0.717, 1.165) is 24.0 Å². The molecule has 5 heteroatoms. The van der Waals surface area contributed by atoms with Gasteiger partial charge in [0.25, 0.3) is 0 Å². The fourth-order valence-corrected chi connectivity index (χ4v) is 3.09. The van der Waals surface area contributed by atoms with Gasteiger partial charge in [0.15, 0.2) is 0 Å². The zero-order valence-electron chi connectivity index (χ0n) is 15.3. The summed E-state index contributed by atoms with van der Waals surface area (Å²) in [5.41, 5.74) is 2.75. The maximum Gasteiger partial charge on any atom is 0.217 e. The molecule has 1 aromatic carbocycles. The van der Waals surface area contributed by atoms with E-state index in [-0.39, 0.29) is 11.3 Å². The summed E-state index contributed by atoms with van der Waals surface area (Å²) in [5, 5.41) is 0. The Labute approximate surface area is 153 Å². The number of ether oxygens (including phenoxy) is 2. The van der Waals surface area contributed by atoms with Crippen LogP contribution < -0.4 is 4.74 Å². The SMILES string of the molecule is COc1nc(C(=O)c2ccc(C3=NC(C)(C)CO3)cc2)ccc1C1CC1. The van der Waals surface area contributed by atoms with Crippen molar-refractivity contribution in [3.8, 4) is 5.88 Å². The van der Waals surface area contributed by atoms with E-state index in [0.29, 0.717) is 35.6 Å². The van der Waals surface area contributed by atoms with Gasteiger partial charge in [0.05, 0.1) is 12.6 Å². The molecule has 2 heterocycles. The van der Waals surface area contributed by atoms with Crippen molar-refractivity contribution in [2.24, 2.45) is 4.99 Å². The molecule has 1 aliphatic heterocycles. The van der Waals surface area contributed by atoms with Crippen LogP contribution in [0.15, 0.2) is 41.4 Å². The average Bonchev–Trinajstić information content (AvgIpc) is 3.43. The maximum atomic E-state index is 12.8. The van der Waals surface area contributed by atoms with E-state index in [4.69, 9.17) is 9.47 Å². The number of hydrogen-bond donors (Lipinski definition) is 0. The molecule has 1 aromatic heterocycles. The maximum absolute atomic E-state index is 12.8. The van der Waals surface area contributed by atoms with Crippen LogP contribution in [0, 0.1) is 0 Å². The molecule has 1 saturated carbocycles. The molecule has 0 bridgehead atoms. The molecule has 26 heavy (non-hydrogen) atoms. The van der Waals surface area contributed by atoms with Crippen LogP contribution in [0.2, 0.25) is 0 Å². The first kappa shape index (κ1) is 16.8. The molecule has 1 aliphatic carbocycles. The Morgan fingerprint density at radius 2 is 1.88 bits per heavy atom. The third-order valence-electron chi connectivity index (χ3n) is 4.69. The molecule has 0 unspecified atom stereocenters. The van der Waals surface area contributed by atoms with Gasteiger partial charge in [-0.15, -0.1) is 0 Å². The summed E-state index contributed by atoms with van der Waals surface area (Å²) >= 11 is 0. The quantitative estimate of drug-likeness (QED) is 0.771. The molecule has 0 saturated heterocycles. The summed E-state index contributed by atoms with van der Waals surface area (Å²) in [7, 11) is 1.60. The van der Waals surface area contributed by atoms with Crippen molar-refractivity contribution in [3.05, 3.63) is 58.8 Å². The fourth-order valence-electron chi connectivity index (χ4n) is 3.09. The van der Waals surface area contributed by atoms with Crippen LogP contribution in [0.3, 0.4) is 0 Å². The second-order valence-corrected chi connectivity index (χ2v) is 7.49. The number of ketones is 1. The van der Waals surface area contributed by atoms with E-state index >= 15 is 0 Å². The predicted molar refractivity (Wildman–Crippen MR) is 99.2 cm³/mol. The summed E-state index contributed by atoms with van der Waals surface area (Å²) in [4.78, 5) is 21.8. The standard InChI is InChI=1S/C21H22N2O3/c1-21(2)12-26-19(23-21)15-8-6-14(7-9-15)18(24)17-11-10-16(13-4-5-13)20(22-17)25-3/h6-11,13H,4-5,12H2,1-3H3. The number of carbonyl (C=O) groups excluding carboxylic acids is 1. The van der Waals surface area contributed by atoms with E-state index in [9.17, 15) is 4.79 Å². The van der Waals surface area contributed by atoms with Crippen molar-refractivity contribution in [1.29, 1.82) is 0 Å². The molecule has 0 N–H and O–H groups in total. The normalized spacial score (nSPS) is 18.2. The minimum Gasteiger partial charge on any atom is -0.481 e. The van der Waals surface area contributed by atoms with Gasteiger partial charge in [-0.25, -0.2) is 9.98 Å². The third kappa shape index (κ3) is 3.21. The molecule has 5 nitrogen and oxygen atoms in total. The topological polar surface area (TPSA) is 60.8 Å². The number of carbonyl (C=O) groups is 1. The fraction of sp³-hybridized carbons (Fsp3) is 0.381. The highest BCUT2D eigenvalue weighted by Gasteiger charge is 2.29. The lowest BCUT2D eigenvalue weighted by molar-refractivity contribution is 0.103. The molecular weight excluding hydrogens is 328 g/mol. The van der Waals surface area contributed by atoms with Gasteiger partial charge in [-0.3, -0.25) is 4.79 Å². The Kier molecular flexibility index (Phi) is 4.02. The molecule has 0 spiro atoms. The molecule has 1 fully saturated rings. The summed E-state index contributed by atoms with van der Waals surface area (Å²) in [5.74, 6) is 1.60. The molecule has 2 aromatic rings. The first-order valence-corrected chi connectivity index (χ1v) is 8.89. The summed E-state index contributed by atoms with van der Waals surface area (Å²) in [6.45, 7) is 4.63. The second-order valence-electron chi connectivity index (χ2n) is 7.49. The van der Waals surface area contributed by atoms with Crippen molar-refractivity contribution in [2.45, 2.75) is 38.1 Å². The molecule has 0 radical (unpaired) electrons. The number of aromatic nitrogens is 1. The number of pyridine rings is 1. The summed E-state index contributed by atoms with van der Waals surface area (Å²) in [6.07, 6.45) is 2.32. The lowest BCUT2D eigenvalue weighted by Gasteiger charge is -2.09. The van der Waals surface area contributed by atoms with Gasteiger partial charge in [0.2, 0.25) is 17.6 Å². The van der Waals surface area contributed by atoms with Gasteiger partial charge in [0.1, 0.15) is 12.3 Å². The van der Waals surface area contributed by atoms with Crippen molar-refractivity contribution in [1.82, 2.24) is 4.98 Å². The van der Waals surface area contributed by atoms with Crippen LogP contribution in [-0.2, 0) is 4.74 Å². The second kappa shape index (κ2) is 6.24. The van der Waals surface area contributed by atoms with Crippen molar-refractivity contribution in [3.63, 3.8) is 0 Å². The van der Waals surface area contributed by atoms with E-state index < -0.39 is 0 Å². The molecule has 134 valence electrons. The van der Waals surface area contributed by atoms with Gasteiger partial charge >= 0.3 is 0 Å². The van der Waals surface area contributed by atoms with Gasteiger partial charge in [-0.2, -0.15) is 0 Å². The number of nitrogens with zero attached hydrogens (tertiary/aromatic N) is 2. The smallest absolute Gasteiger partial charge is 0.217 e. The van der Waals surface area contributed by atoms with Crippen LogP contribution in [0.5, 0.6) is 5.88 Å². The van der Waals surface area contributed by atoms with Crippen LogP contribution in [0.1, 0.15) is 59.8 Å². The van der Waals surface area contributed by atoms with Gasteiger partial charge < -0.3 is 9.47 Å². The average molecular weight is 350 g/mol. The monoisotopic (exact) mass is 350 g/mol. The van der Waals surface area contributed by atoms with Crippen molar-refractivity contribution in [2.75, 3.05) is 13.7 Å². The highest BCUT2D eigenvalue weighted by atomic mass is 16.5. The number of benzene rings is 1. The van der Waals surface area contributed by atoms with Gasteiger partial charge in [-0.05, 0) is 50.8 Å². The van der Waals surface area contributed by atoms with Crippen molar-refractivity contribution >= 4 is 11.7 Å². The predicted octanol–water partition coefficient (Wildman–Crippen LogP) is 3.75. The van der Waals surface area contributed by atoms with Gasteiger partial charge in [-0.1, -0.05) is 18.2 Å². The zero-order valence-corrected chi connectivity index (χ0v) is 15.3. The number of hydrogen-bond acceptors (Lipinski definition) is 5. The number of aliphatic imine (C=N–C) groups is 1. The molecule has 0 amide bonds.